The minimum absolute atomic E-state index is 0.118. The Bertz CT molecular complexity index is 1060. The number of rotatable bonds is 6. The van der Waals surface area contributed by atoms with Crippen LogP contribution in [-0.2, 0) is 0 Å². The van der Waals surface area contributed by atoms with Crippen molar-refractivity contribution in [2.45, 2.75) is 13.8 Å². The van der Waals surface area contributed by atoms with Gasteiger partial charge in [-0.25, -0.2) is 9.97 Å². The summed E-state index contributed by atoms with van der Waals surface area (Å²) in [6.07, 6.45) is 0. The van der Waals surface area contributed by atoms with Crippen LogP contribution in [0.25, 0.3) is 0 Å². The number of aromatic nitrogens is 2. The van der Waals surface area contributed by atoms with E-state index in [4.69, 9.17) is 4.74 Å². The van der Waals surface area contributed by atoms with Crippen LogP contribution in [0.4, 0.5) is 23.0 Å². The van der Waals surface area contributed by atoms with Gasteiger partial charge in [-0.3, -0.25) is 14.9 Å². The van der Waals surface area contributed by atoms with E-state index >= 15 is 0 Å². The summed E-state index contributed by atoms with van der Waals surface area (Å²) in [7, 11) is 1.35. The second-order valence-electron chi connectivity index (χ2n) is 6.28. The molecule has 2 aromatic carbocycles. The second-order valence-corrected chi connectivity index (χ2v) is 6.28. The molecule has 1 amide bonds. The minimum Gasteiger partial charge on any atom is -0.490 e. The highest BCUT2D eigenvalue weighted by atomic mass is 16.6. The fourth-order valence-electron chi connectivity index (χ4n) is 2.76. The number of nitro benzene ring substituents is 1. The SMILES string of the molecule is COc1ccc(NC(=O)c2cccc(Nc3nc(C)cc(C)n3)c2)cc1[N+](=O)[O-]. The Morgan fingerprint density at radius 3 is 2.41 bits per heavy atom. The average Bonchev–Trinajstić information content (AvgIpc) is 2.67. The maximum absolute atomic E-state index is 12.6. The van der Waals surface area contributed by atoms with Crippen molar-refractivity contribution in [3.05, 3.63) is 75.6 Å². The molecule has 2 N–H and O–H groups in total. The zero-order chi connectivity index (χ0) is 21.0. The van der Waals surface area contributed by atoms with Crippen LogP contribution in [0.2, 0.25) is 0 Å². The minimum atomic E-state index is -0.567. The fraction of sp³-hybridized carbons (Fsp3) is 0.150. The van der Waals surface area contributed by atoms with Crippen LogP contribution >= 0.6 is 0 Å². The highest BCUT2D eigenvalue weighted by Gasteiger charge is 2.16. The first-order valence-electron chi connectivity index (χ1n) is 8.69. The number of nitrogens with zero attached hydrogens (tertiary/aromatic N) is 3. The molecule has 0 saturated heterocycles. The molecule has 148 valence electrons. The van der Waals surface area contributed by atoms with Crippen molar-refractivity contribution in [2.75, 3.05) is 17.7 Å². The molecule has 29 heavy (non-hydrogen) atoms. The molecular weight excluding hydrogens is 374 g/mol. The first kappa shape index (κ1) is 19.7. The molecule has 3 rings (SSSR count). The highest BCUT2D eigenvalue weighted by Crippen LogP contribution is 2.30. The molecule has 0 fully saturated rings. The largest absolute Gasteiger partial charge is 0.490 e. The monoisotopic (exact) mass is 393 g/mol. The summed E-state index contributed by atoms with van der Waals surface area (Å²) in [5.74, 6) is 0.146. The van der Waals surface area contributed by atoms with Crippen molar-refractivity contribution in [3.63, 3.8) is 0 Å². The van der Waals surface area contributed by atoms with E-state index in [1.807, 2.05) is 19.9 Å². The van der Waals surface area contributed by atoms with E-state index in [-0.39, 0.29) is 11.4 Å². The maximum atomic E-state index is 12.6. The third-order valence-electron chi connectivity index (χ3n) is 4.00. The zero-order valence-electron chi connectivity index (χ0n) is 16.1. The first-order chi connectivity index (χ1) is 13.9. The van der Waals surface area contributed by atoms with Gasteiger partial charge in [0.15, 0.2) is 5.75 Å². The quantitative estimate of drug-likeness (QED) is 0.480. The summed E-state index contributed by atoms with van der Waals surface area (Å²) in [6, 6.07) is 12.9. The normalized spacial score (nSPS) is 10.3. The van der Waals surface area contributed by atoms with Crippen LogP contribution in [0.1, 0.15) is 21.7 Å². The maximum Gasteiger partial charge on any atom is 0.312 e. The summed E-state index contributed by atoms with van der Waals surface area (Å²) in [4.78, 5) is 31.8. The Hall–Kier alpha value is -4.01. The Morgan fingerprint density at radius 2 is 1.76 bits per heavy atom. The van der Waals surface area contributed by atoms with E-state index in [0.717, 1.165) is 11.4 Å². The predicted octanol–water partition coefficient (Wildman–Crippen LogP) is 4.01. The van der Waals surface area contributed by atoms with E-state index in [1.54, 1.807) is 24.3 Å². The lowest BCUT2D eigenvalue weighted by Crippen LogP contribution is -2.12. The number of methoxy groups -OCH3 is 1. The molecule has 9 nitrogen and oxygen atoms in total. The van der Waals surface area contributed by atoms with Gasteiger partial charge in [0.05, 0.1) is 12.0 Å². The standard InChI is InChI=1S/C20H19N5O4/c1-12-9-13(2)22-20(21-12)24-15-6-4-5-14(10-15)19(26)23-16-7-8-18(29-3)17(11-16)25(27)28/h4-11H,1-3H3,(H,23,26)(H,21,22,24). The molecule has 0 aliphatic carbocycles. The number of aryl methyl sites for hydroxylation is 2. The third kappa shape index (κ3) is 4.83. The smallest absolute Gasteiger partial charge is 0.312 e. The van der Waals surface area contributed by atoms with Gasteiger partial charge in [-0.1, -0.05) is 6.07 Å². The molecule has 0 aliphatic rings. The molecule has 9 heteroatoms. The molecule has 3 aromatic rings. The lowest BCUT2D eigenvalue weighted by atomic mass is 10.1. The molecule has 0 spiro atoms. The van der Waals surface area contributed by atoms with Crippen molar-refractivity contribution >= 4 is 28.9 Å². The van der Waals surface area contributed by atoms with Crippen molar-refractivity contribution in [3.8, 4) is 5.75 Å². The van der Waals surface area contributed by atoms with Gasteiger partial charge in [0.2, 0.25) is 5.95 Å². The van der Waals surface area contributed by atoms with E-state index < -0.39 is 10.8 Å². The topological polar surface area (TPSA) is 119 Å². The summed E-state index contributed by atoms with van der Waals surface area (Å²) < 4.78 is 4.97. The van der Waals surface area contributed by atoms with Crippen LogP contribution < -0.4 is 15.4 Å². The summed E-state index contributed by atoms with van der Waals surface area (Å²) in [6.45, 7) is 3.75. The average molecular weight is 393 g/mol. The van der Waals surface area contributed by atoms with Crippen LogP contribution in [0.3, 0.4) is 0 Å². The van der Waals surface area contributed by atoms with Crippen LogP contribution in [0.15, 0.2) is 48.5 Å². The number of carbonyl (C=O) groups excluding carboxylic acids is 1. The van der Waals surface area contributed by atoms with E-state index in [1.165, 1.54) is 25.3 Å². The van der Waals surface area contributed by atoms with Crippen molar-refractivity contribution < 1.29 is 14.5 Å². The molecule has 0 atom stereocenters. The Kier molecular flexibility index (Phi) is 5.68. The lowest BCUT2D eigenvalue weighted by Gasteiger charge is -2.10. The van der Waals surface area contributed by atoms with Crippen LogP contribution in [0, 0.1) is 24.0 Å². The molecule has 1 aromatic heterocycles. The van der Waals surface area contributed by atoms with Gasteiger partial charge in [0, 0.05) is 34.4 Å². The first-order valence-corrected chi connectivity index (χ1v) is 8.69. The second kappa shape index (κ2) is 8.34. The van der Waals surface area contributed by atoms with Gasteiger partial charge < -0.3 is 15.4 Å². The number of hydrogen-bond acceptors (Lipinski definition) is 7. The predicted molar refractivity (Wildman–Crippen MR) is 109 cm³/mol. The van der Waals surface area contributed by atoms with Crippen molar-refractivity contribution in [2.24, 2.45) is 0 Å². The zero-order valence-corrected chi connectivity index (χ0v) is 16.1. The summed E-state index contributed by atoms with van der Waals surface area (Å²) in [5.41, 5.74) is 2.73. The van der Waals surface area contributed by atoms with Gasteiger partial charge in [-0.15, -0.1) is 0 Å². The van der Waals surface area contributed by atoms with Crippen molar-refractivity contribution in [1.82, 2.24) is 9.97 Å². The molecule has 0 radical (unpaired) electrons. The number of hydrogen-bond donors (Lipinski definition) is 2. The number of amides is 1. The molecular formula is C20H19N5O4. The molecule has 0 saturated carbocycles. The molecule has 0 bridgehead atoms. The van der Waals surface area contributed by atoms with E-state index in [0.29, 0.717) is 22.9 Å². The van der Waals surface area contributed by atoms with Crippen LogP contribution in [-0.4, -0.2) is 27.9 Å². The Labute approximate surface area is 166 Å². The van der Waals surface area contributed by atoms with E-state index in [2.05, 4.69) is 20.6 Å². The fourth-order valence-corrected chi connectivity index (χ4v) is 2.76. The number of ether oxygens (including phenoxy) is 1. The molecule has 1 heterocycles. The van der Waals surface area contributed by atoms with Gasteiger partial charge >= 0.3 is 5.69 Å². The summed E-state index contributed by atoms with van der Waals surface area (Å²) in [5, 5.41) is 16.9. The van der Waals surface area contributed by atoms with Crippen LogP contribution in [0.5, 0.6) is 5.75 Å². The number of nitro groups is 1. The van der Waals surface area contributed by atoms with Gasteiger partial charge in [0.1, 0.15) is 0 Å². The number of anilines is 3. The highest BCUT2D eigenvalue weighted by molar-refractivity contribution is 6.05. The van der Waals surface area contributed by atoms with Crippen molar-refractivity contribution in [1.29, 1.82) is 0 Å². The Morgan fingerprint density at radius 1 is 1.03 bits per heavy atom. The number of nitrogens with one attached hydrogen (secondary N) is 2. The molecule has 0 aliphatic heterocycles. The Balaban J connectivity index is 1.79. The summed E-state index contributed by atoms with van der Waals surface area (Å²) >= 11 is 0. The van der Waals surface area contributed by atoms with E-state index in [9.17, 15) is 14.9 Å². The molecule has 0 unspecified atom stereocenters. The van der Waals surface area contributed by atoms with Gasteiger partial charge in [-0.2, -0.15) is 0 Å². The van der Waals surface area contributed by atoms with Gasteiger partial charge in [0.25, 0.3) is 5.91 Å². The lowest BCUT2D eigenvalue weighted by molar-refractivity contribution is -0.385. The number of carbonyl (C=O) groups is 1. The third-order valence-corrected chi connectivity index (χ3v) is 4.00. The number of benzene rings is 2. The van der Waals surface area contributed by atoms with Gasteiger partial charge in [-0.05, 0) is 50.2 Å².